The van der Waals surface area contributed by atoms with Gasteiger partial charge in [-0.3, -0.25) is 0 Å². The molecule has 4 heterocycles. The molecule has 0 saturated carbocycles. The highest BCUT2D eigenvalue weighted by Gasteiger charge is 2.25. The number of hydrogen-bond acceptors (Lipinski definition) is 10. The molecule has 0 atom stereocenters. The van der Waals surface area contributed by atoms with Crippen LogP contribution in [-0.4, -0.2) is 60.0 Å². The summed E-state index contributed by atoms with van der Waals surface area (Å²) in [7, 11) is 2.87. The fourth-order valence-electron chi connectivity index (χ4n) is 5.14. The molecular weight excluding hydrogens is 711 g/mol. The number of halogens is 2. The van der Waals surface area contributed by atoms with Crippen molar-refractivity contribution in [2.75, 3.05) is 0 Å². The zero-order valence-electron chi connectivity index (χ0n) is 25.9. The van der Waals surface area contributed by atoms with Gasteiger partial charge in [-0.25, -0.2) is 9.36 Å². The number of para-hydroxylation sites is 2. The van der Waals surface area contributed by atoms with Gasteiger partial charge in [0.2, 0.25) is 11.6 Å². The minimum Gasteiger partial charge on any atom is -0.224 e. The number of aromatic nitrogens is 12. The second kappa shape index (κ2) is 14.3. The lowest BCUT2D eigenvalue weighted by molar-refractivity contribution is 0.573. The van der Waals surface area contributed by atoms with Gasteiger partial charge in [-0.05, 0) is 67.4 Å². The van der Waals surface area contributed by atoms with Crippen molar-refractivity contribution in [3.8, 4) is 34.2 Å². The van der Waals surface area contributed by atoms with Crippen molar-refractivity contribution in [3.63, 3.8) is 0 Å². The summed E-state index contributed by atoms with van der Waals surface area (Å²) in [6, 6.07) is 35.0. The fourth-order valence-corrected chi connectivity index (χ4v) is 8.07. The maximum absolute atomic E-state index is 6.69. The Morgan fingerprint density at radius 2 is 0.900 bits per heavy atom. The van der Waals surface area contributed by atoms with E-state index in [1.807, 2.05) is 109 Å². The van der Waals surface area contributed by atoms with Gasteiger partial charge in [-0.2, -0.15) is 19.8 Å². The highest BCUT2D eigenvalue weighted by Crippen LogP contribution is 2.46. The molecule has 0 aliphatic heterocycles. The van der Waals surface area contributed by atoms with Gasteiger partial charge < -0.3 is 0 Å². The second-order valence-electron chi connectivity index (χ2n) is 10.9. The van der Waals surface area contributed by atoms with E-state index in [2.05, 4.69) is 20.6 Å². The van der Waals surface area contributed by atoms with E-state index in [4.69, 9.17) is 43.6 Å². The molecule has 4 aromatic carbocycles. The predicted molar refractivity (Wildman–Crippen MR) is 194 cm³/mol. The Balaban J connectivity index is 1.18. The number of hydrogen-bond donors (Lipinski definition) is 0. The maximum Gasteiger partial charge on any atom is 0.209 e. The Morgan fingerprint density at radius 1 is 0.500 bits per heavy atom. The van der Waals surface area contributed by atoms with Crippen molar-refractivity contribution in [1.29, 1.82) is 0 Å². The van der Waals surface area contributed by atoms with Crippen LogP contribution in [0.3, 0.4) is 0 Å². The van der Waals surface area contributed by atoms with Crippen molar-refractivity contribution in [1.82, 2.24) is 60.0 Å². The minimum atomic E-state index is 0.424. The van der Waals surface area contributed by atoms with Gasteiger partial charge in [0.25, 0.3) is 0 Å². The summed E-state index contributed by atoms with van der Waals surface area (Å²) in [5.74, 6) is 0.848. The molecule has 8 rings (SSSR count). The van der Waals surface area contributed by atoms with Gasteiger partial charge in [0, 0.05) is 0 Å². The topological polar surface area (TPSA) is 123 Å². The van der Waals surface area contributed by atoms with E-state index in [1.54, 1.807) is 31.4 Å². The summed E-state index contributed by atoms with van der Waals surface area (Å²) < 4.78 is 3.55. The Kier molecular flexibility index (Phi) is 9.13. The molecule has 0 radical (unpaired) electrons. The van der Waals surface area contributed by atoms with Crippen molar-refractivity contribution in [2.45, 2.75) is 23.1 Å². The molecule has 0 unspecified atom stereocenters. The molecule has 8 aromatic rings. The lowest BCUT2D eigenvalue weighted by atomic mass is 10.2. The van der Waals surface area contributed by atoms with Crippen molar-refractivity contribution in [3.05, 3.63) is 143 Å². The Hall–Kier alpha value is -5.28. The van der Waals surface area contributed by atoms with Crippen LogP contribution in [0.15, 0.2) is 132 Å². The lowest BCUT2D eigenvalue weighted by Crippen LogP contribution is -2.04. The van der Waals surface area contributed by atoms with Gasteiger partial charge in [-0.1, -0.05) is 108 Å². The molecule has 0 amide bonds. The molecule has 246 valence electrons. The summed E-state index contributed by atoms with van der Waals surface area (Å²) in [5, 5.41) is 38.9. The summed E-state index contributed by atoms with van der Waals surface area (Å²) in [4.78, 5) is 3.13. The standard InChI is InChI=1S/C34H24Cl2N12S2/c35-27-15-7-9-17-29(27)47-33(25(19-37-47)31-39-43-45(41-31)21-23-11-3-1-4-12-23)49-50-34-26(20-38-48(34)30-18-10-8-16-28(30)36)32-40-44-46(42-32)22-24-13-5-2-6-14-24/h1-20H,21-22H2. The fraction of sp³-hybridized carbons (Fsp3) is 0.0588. The van der Waals surface area contributed by atoms with E-state index in [-0.39, 0.29) is 0 Å². The highest BCUT2D eigenvalue weighted by molar-refractivity contribution is 8.76. The summed E-state index contributed by atoms with van der Waals surface area (Å²) in [6.07, 6.45) is 3.44. The molecule has 4 aromatic heterocycles. The van der Waals surface area contributed by atoms with E-state index in [9.17, 15) is 0 Å². The molecule has 0 saturated heterocycles. The zero-order chi connectivity index (χ0) is 33.9. The molecule has 0 bridgehead atoms. The number of benzene rings is 4. The zero-order valence-corrected chi connectivity index (χ0v) is 29.0. The first-order valence-corrected chi connectivity index (χ1v) is 18.2. The van der Waals surface area contributed by atoms with Crippen molar-refractivity contribution >= 4 is 44.8 Å². The highest BCUT2D eigenvalue weighted by atomic mass is 35.5. The molecule has 12 nitrogen and oxygen atoms in total. The van der Waals surface area contributed by atoms with Crippen LogP contribution in [0.5, 0.6) is 0 Å². The predicted octanol–water partition coefficient (Wildman–Crippen LogP) is 7.57. The average molecular weight is 736 g/mol. The lowest BCUT2D eigenvalue weighted by Gasteiger charge is -2.12. The van der Waals surface area contributed by atoms with Crippen LogP contribution in [0.25, 0.3) is 34.2 Å². The van der Waals surface area contributed by atoms with Crippen LogP contribution >= 0.6 is 44.8 Å². The van der Waals surface area contributed by atoms with Gasteiger partial charge in [0.15, 0.2) is 0 Å². The van der Waals surface area contributed by atoms with Gasteiger partial charge in [0.05, 0.1) is 58.0 Å². The van der Waals surface area contributed by atoms with Crippen LogP contribution in [0.1, 0.15) is 11.1 Å². The molecule has 0 fully saturated rings. The first-order valence-electron chi connectivity index (χ1n) is 15.3. The minimum absolute atomic E-state index is 0.424. The quantitative estimate of drug-likeness (QED) is 0.123. The van der Waals surface area contributed by atoms with E-state index < -0.39 is 0 Å². The molecule has 16 heteroatoms. The summed E-state index contributed by atoms with van der Waals surface area (Å²) in [5.41, 5.74) is 4.88. The van der Waals surface area contributed by atoms with Crippen LogP contribution in [0.4, 0.5) is 0 Å². The van der Waals surface area contributed by atoms with Gasteiger partial charge >= 0.3 is 0 Å². The Labute approximate surface area is 303 Å². The Bertz CT molecular complexity index is 2220. The van der Waals surface area contributed by atoms with E-state index in [0.29, 0.717) is 57.3 Å². The Morgan fingerprint density at radius 3 is 1.32 bits per heavy atom. The molecular formula is C34H24Cl2N12S2. The van der Waals surface area contributed by atoms with Gasteiger partial charge in [0.1, 0.15) is 10.1 Å². The van der Waals surface area contributed by atoms with Crippen molar-refractivity contribution < 1.29 is 0 Å². The smallest absolute Gasteiger partial charge is 0.209 e. The third kappa shape index (κ3) is 6.65. The monoisotopic (exact) mass is 734 g/mol. The van der Waals surface area contributed by atoms with Crippen LogP contribution in [0.2, 0.25) is 10.0 Å². The van der Waals surface area contributed by atoms with Gasteiger partial charge in [-0.15, -0.1) is 20.4 Å². The third-order valence-electron chi connectivity index (χ3n) is 7.53. The molecule has 0 spiro atoms. The average Bonchev–Trinajstić information content (AvgIpc) is 3.96. The number of nitrogens with zero attached hydrogens (tertiary/aromatic N) is 12. The molecule has 0 aliphatic rings. The van der Waals surface area contributed by atoms with Crippen LogP contribution in [0, 0.1) is 0 Å². The number of rotatable bonds is 11. The number of tetrazole rings is 2. The summed E-state index contributed by atoms with van der Waals surface area (Å²) >= 11 is 13.4. The second-order valence-corrected chi connectivity index (χ2v) is 13.8. The van der Waals surface area contributed by atoms with E-state index >= 15 is 0 Å². The van der Waals surface area contributed by atoms with E-state index in [0.717, 1.165) is 21.2 Å². The summed E-state index contributed by atoms with van der Waals surface area (Å²) in [6.45, 7) is 0.949. The molecule has 0 N–H and O–H groups in total. The third-order valence-corrected chi connectivity index (χ3v) is 10.6. The maximum atomic E-state index is 6.69. The largest absolute Gasteiger partial charge is 0.224 e. The first-order chi connectivity index (χ1) is 24.6. The van der Waals surface area contributed by atoms with Crippen LogP contribution in [-0.2, 0) is 13.1 Å². The first kappa shape index (κ1) is 32.0. The SMILES string of the molecule is Clc1ccccc1-n1ncc(-c2nnn(Cc3ccccc3)n2)c1SSc1c(-c2nnn(Cc3ccccc3)n2)cnn1-c1ccccc1Cl. The van der Waals surface area contributed by atoms with E-state index in [1.165, 1.54) is 21.6 Å². The van der Waals surface area contributed by atoms with Crippen LogP contribution < -0.4 is 0 Å². The normalized spacial score (nSPS) is 11.3. The molecule has 50 heavy (non-hydrogen) atoms. The molecule has 0 aliphatic carbocycles. The van der Waals surface area contributed by atoms with Crippen molar-refractivity contribution in [2.24, 2.45) is 0 Å².